The zero-order valence-corrected chi connectivity index (χ0v) is 15.8. The van der Waals surface area contributed by atoms with Gasteiger partial charge in [0.25, 0.3) is 5.69 Å². The second kappa shape index (κ2) is 7.92. The lowest BCUT2D eigenvalue weighted by atomic mass is 10.1. The van der Waals surface area contributed by atoms with Crippen molar-refractivity contribution >= 4 is 21.3 Å². The van der Waals surface area contributed by atoms with Crippen LogP contribution in [0.15, 0.2) is 59.5 Å². The van der Waals surface area contributed by atoms with Gasteiger partial charge in [-0.25, -0.2) is 8.42 Å². The summed E-state index contributed by atoms with van der Waals surface area (Å²) < 4.78 is 31.8. The summed E-state index contributed by atoms with van der Waals surface area (Å²) in [5, 5.41) is 10.9. The first-order valence-corrected chi connectivity index (χ1v) is 10.5. The maximum Gasteiger partial charge on any atom is 0.269 e. The lowest BCUT2D eigenvalue weighted by molar-refractivity contribution is -0.384. The summed E-state index contributed by atoms with van der Waals surface area (Å²) in [5.74, 6) is 0.370. The highest BCUT2D eigenvalue weighted by atomic mass is 32.2. The van der Waals surface area contributed by atoms with Crippen LogP contribution in [-0.4, -0.2) is 19.1 Å². The first-order chi connectivity index (χ1) is 12.9. The second-order valence-corrected chi connectivity index (χ2v) is 8.58. The molecular weight excluding hydrogens is 366 g/mol. The lowest BCUT2D eigenvalue weighted by Crippen LogP contribution is -2.09. The van der Waals surface area contributed by atoms with Crippen molar-refractivity contribution in [1.82, 2.24) is 0 Å². The van der Waals surface area contributed by atoms with E-state index in [2.05, 4.69) is 0 Å². The van der Waals surface area contributed by atoms with Gasteiger partial charge >= 0.3 is 0 Å². The SMILES string of the molecule is CCCCS(=O)(=O)C1=C(c2ccc([N+](=O)[O-])cc2)OC(c2ccccc2)C1. The van der Waals surface area contributed by atoms with Crippen LogP contribution in [0.5, 0.6) is 0 Å². The van der Waals surface area contributed by atoms with Gasteiger partial charge in [-0.3, -0.25) is 10.1 Å². The van der Waals surface area contributed by atoms with Crippen molar-refractivity contribution in [3.8, 4) is 0 Å². The van der Waals surface area contributed by atoms with E-state index >= 15 is 0 Å². The zero-order valence-electron chi connectivity index (χ0n) is 15.0. The van der Waals surface area contributed by atoms with Crippen LogP contribution in [-0.2, 0) is 14.6 Å². The van der Waals surface area contributed by atoms with Crippen LogP contribution in [0.1, 0.15) is 43.4 Å². The average Bonchev–Trinajstić information content (AvgIpc) is 3.14. The molecule has 1 aliphatic heterocycles. The summed E-state index contributed by atoms with van der Waals surface area (Å²) in [5.41, 5.74) is 1.39. The minimum Gasteiger partial charge on any atom is -0.484 e. The molecule has 1 heterocycles. The van der Waals surface area contributed by atoms with E-state index in [1.54, 1.807) is 0 Å². The predicted molar refractivity (Wildman–Crippen MR) is 104 cm³/mol. The minimum absolute atomic E-state index is 0.0488. The van der Waals surface area contributed by atoms with Crippen molar-refractivity contribution in [2.45, 2.75) is 32.3 Å². The Labute approximate surface area is 158 Å². The molecule has 0 N–H and O–H groups in total. The summed E-state index contributed by atoms with van der Waals surface area (Å²) in [6.45, 7) is 1.94. The molecule has 0 aromatic heterocycles. The standard InChI is InChI=1S/C20H21NO5S/c1-2-3-13-27(24,25)19-14-18(15-7-5-4-6-8-15)26-20(19)16-9-11-17(12-10-16)21(22)23/h4-12,18H,2-3,13-14H2,1H3. The third-order valence-corrected chi connectivity index (χ3v) is 6.47. The maximum atomic E-state index is 12.9. The van der Waals surface area contributed by atoms with Crippen molar-refractivity contribution in [2.75, 3.05) is 5.75 Å². The fourth-order valence-corrected chi connectivity index (χ4v) is 4.82. The number of nitro groups is 1. The number of nitrogens with zero attached hydrogens (tertiary/aromatic N) is 1. The fraction of sp³-hybridized carbons (Fsp3) is 0.300. The fourth-order valence-electron chi connectivity index (χ4n) is 3.05. The van der Waals surface area contributed by atoms with Gasteiger partial charge in [-0.15, -0.1) is 0 Å². The third-order valence-electron chi connectivity index (χ3n) is 4.54. The Morgan fingerprint density at radius 3 is 2.37 bits per heavy atom. The number of nitro benzene ring substituents is 1. The normalized spacial score (nSPS) is 17.0. The van der Waals surface area contributed by atoms with Crippen LogP contribution in [0, 0.1) is 10.1 Å². The number of rotatable bonds is 7. The zero-order chi connectivity index (χ0) is 19.4. The predicted octanol–water partition coefficient (Wildman–Crippen LogP) is 4.64. The molecule has 0 aliphatic carbocycles. The van der Waals surface area contributed by atoms with Crippen LogP contribution in [0.2, 0.25) is 0 Å². The van der Waals surface area contributed by atoms with Gasteiger partial charge in [0, 0.05) is 24.1 Å². The van der Waals surface area contributed by atoms with Gasteiger partial charge < -0.3 is 4.74 Å². The Balaban J connectivity index is 2.00. The molecule has 0 spiro atoms. The number of benzene rings is 2. The van der Waals surface area contributed by atoms with E-state index in [-0.39, 0.29) is 28.9 Å². The minimum atomic E-state index is -3.47. The molecule has 0 bridgehead atoms. The molecule has 7 heteroatoms. The van der Waals surface area contributed by atoms with E-state index in [9.17, 15) is 18.5 Å². The first kappa shape index (κ1) is 19.1. The molecular formula is C20H21NO5S. The van der Waals surface area contributed by atoms with Crippen LogP contribution >= 0.6 is 0 Å². The number of unbranched alkanes of at least 4 members (excludes halogenated alkanes) is 1. The van der Waals surface area contributed by atoms with Crippen molar-refractivity contribution in [2.24, 2.45) is 0 Å². The molecule has 142 valence electrons. The Morgan fingerprint density at radius 1 is 1.11 bits per heavy atom. The van der Waals surface area contributed by atoms with Crippen LogP contribution in [0.4, 0.5) is 5.69 Å². The highest BCUT2D eigenvalue weighted by Gasteiger charge is 2.35. The van der Waals surface area contributed by atoms with E-state index in [0.29, 0.717) is 17.7 Å². The van der Waals surface area contributed by atoms with Crippen molar-refractivity contribution < 1.29 is 18.1 Å². The molecule has 27 heavy (non-hydrogen) atoms. The molecule has 0 fully saturated rings. The molecule has 2 aromatic rings. The van der Waals surface area contributed by atoms with E-state index in [0.717, 1.165) is 12.0 Å². The summed E-state index contributed by atoms with van der Waals surface area (Å²) in [7, 11) is -3.47. The number of ether oxygens (including phenoxy) is 1. The highest BCUT2D eigenvalue weighted by Crippen LogP contribution is 2.43. The molecule has 0 radical (unpaired) electrons. The molecule has 1 aliphatic rings. The monoisotopic (exact) mass is 387 g/mol. The molecule has 0 saturated heterocycles. The van der Waals surface area contributed by atoms with Crippen LogP contribution < -0.4 is 0 Å². The van der Waals surface area contributed by atoms with Crippen molar-refractivity contribution in [3.05, 3.63) is 80.7 Å². The van der Waals surface area contributed by atoms with Gasteiger partial charge in [0.15, 0.2) is 9.84 Å². The van der Waals surface area contributed by atoms with E-state index < -0.39 is 14.8 Å². The smallest absolute Gasteiger partial charge is 0.269 e. The Morgan fingerprint density at radius 2 is 1.78 bits per heavy atom. The quantitative estimate of drug-likeness (QED) is 0.510. The van der Waals surface area contributed by atoms with Gasteiger partial charge in [0.05, 0.1) is 15.6 Å². The highest BCUT2D eigenvalue weighted by molar-refractivity contribution is 7.95. The van der Waals surface area contributed by atoms with Crippen LogP contribution in [0.25, 0.3) is 5.76 Å². The van der Waals surface area contributed by atoms with E-state index in [1.807, 2.05) is 37.3 Å². The summed E-state index contributed by atoms with van der Waals surface area (Å²) in [4.78, 5) is 10.7. The second-order valence-electron chi connectivity index (χ2n) is 6.45. The number of hydrogen-bond acceptors (Lipinski definition) is 5. The Kier molecular flexibility index (Phi) is 5.60. The molecule has 0 amide bonds. The maximum absolute atomic E-state index is 12.9. The average molecular weight is 387 g/mol. The van der Waals surface area contributed by atoms with Crippen LogP contribution in [0.3, 0.4) is 0 Å². The van der Waals surface area contributed by atoms with E-state index in [4.69, 9.17) is 4.74 Å². The van der Waals surface area contributed by atoms with Gasteiger partial charge in [0.2, 0.25) is 0 Å². The number of hydrogen-bond donors (Lipinski definition) is 0. The number of sulfone groups is 1. The Hall–Kier alpha value is -2.67. The third kappa shape index (κ3) is 4.19. The largest absolute Gasteiger partial charge is 0.484 e. The summed E-state index contributed by atoms with van der Waals surface area (Å²) >= 11 is 0. The Bertz CT molecular complexity index is 950. The summed E-state index contributed by atoms with van der Waals surface area (Å²) in [6, 6.07) is 15.3. The van der Waals surface area contributed by atoms with Gasteiger partial charge in [-0.1, -0.05) is 43.7 Å². The molecule has 1 unspecified atom stereocenters. The van der Waals surface area contributed by atoms with Gasteiger partial charge in [0.1, 0.15) is 11.9 Å². The molecule has 3 rings (SSSR count). The van der Waals surface area contributed by atoms with Gasteiger partial charge in [-0.2, -0.15) is 0 Å². The summed E-state index contributed by atoms with van der Waals surface area (Å²) in [6.07, 6.45) is 1.24. The molecule has 6 nitrogen and oxygen atoms in total. The number of non-ortho nitro benzene ring substituents is 1. The van der Waals surface area contributed by atoms with Crippen molar-refractivity contribution in [3.63, 3.8) is 0 Å². The lowest BCUT2D eigenvalue weighted by Gasteiger charge is -2.13. The molecule has 1 atom stereocenters. The molecule has 2 aromatic carbocycles. The van der Waals surface area contributed by atoms with Crippen molar-refractivity contribution in [1.29, 1.82) is 0 Å². The first-order valence-electron chi connectivity index (χ1n) is 8.84. The van der Waals surface area contributed by atoms with Gasteiger partial charge in [-0.05, 0) is 24.1 Å². The van der Waals surface area contributed by atoms with E-state index in [1.165, 1.54) is 24.3 Å². The topological polar surface area (TPSA) is 86.5 Å². The molecule has 0 saturated carbocycles.